The molecule has 0 saturated heterocycles. The molecule has 0 aromatic carbocycles. The van der Waals surface area contributed by atoms with Crippen LogP contribution in [0.3, 0.4) is 0 Å². The molecule has 1 aromatic rings. The van der Waals surface area contributed by atoms with Gasteiger partial charge in [-0.15, -0.1) is 10.3 Å². The van der Waals surface area contributed by atoms with Gasteiger partial charge < -0.3 is 16.4 Å². The van der Waals surface area contributed by atoms with Crippen LogP contribution in [0.1, 0.15) is 31.1 Å². The van der Waals surface area contributed by atoms with Gasteiger partial charge in [0.2, 0.25) is 0 Å². The minimum absolute atomic E-state index is 0. The van der Waals surface area contributed by atoms with Crippen LogP contribution in [0.2, 0.25) is 6.32 Å². The Kier molecular flexibility index (Phi) is 7.68. The molecule has 1 heterocycles. The Labute approximate surface area is 141 Å². The van der Waals surface area contributed by atoms with Crippen molar-refractivity contribution in [3.63, 3.8) is 0 Å². The van der Waals surface area contributed by atoms with Gasteiger partial charge in [-0.05, 0) is 30.6 Å². The van der Waals surface area contributed by atoms with Crippen molar-refractivity contribution in [3.8, 4) is 0 Å². The van der Waals surface area contributed by atoms with E-state index in [2.05, 4.69) is 18.4 Å². The first-order valence-corrected chi connectivity index (χ1v) is 7.37. The molecule has 95 valence electrons. The summed E-state index contributed by atoms with van der Waals surface area (Å²) in [6.07, 6.45) is 4.77. The molecule has 18 heavy (non-hydrogen) atoms. The van der Waals surface area contributed by atoms with Gasteiger partial charge in [0.25, 0.3) is 0 Å². The van der Waals surface area contributed by atoms with Crippen molar-refractivity contribution in [1.29, 1.82) is 0 Å². The van der Waals surface area contributed by atoms with Crippen molar-refractivity contribution in [2.75, 3.05) is 0 Å². The second kappa shape index (κ2) is 8.19. The van der Waals surface area contributed by atoms with Crippen LogP contribution in [0.5, 0.6) is 0 Å². The Hall–Kier alpha value is 0.829. The molecule has 1 fully saturated rings. The molecule has 1 nitrogen and oxygen atoms in total. The standard InChI is InChI=1S/C14H20BOS.Y/c1-10-8-14(16)12(5-2-6-15)13(10)9-11-4-3-7-17-11;/h3-4,10,12-14,16H,2,5-6,8-9H2,1H3;/q-1;. The third-order valence-electron chi connectivity index (χ3n) is 4.09. The molecule has 0 amide bonds. The van der Waals surface area contributed by atoms with Crippen LogP contribution in [0.4, 0.5) is 0 Å². The molecular weight excluding hydrogens is 316 g/mol. The summed E-state index contributed by atoms with van der Waals surface area (Å²) < 4.78 is 0. The fraction of sp³-hybridized carbons (Fsp3) is 0.714. The fourth-order valence-corrected chi connectivity index (χ4v) is 3.86. The number of hydrogen-bond acceptors (Lipinski definition) is 2. The normalized spacial score (nSPS) is 31.2. The summed E-state index contributed by atoms with van der Waals surface area (Å²) in [4.78, 5) is 1.40. The number of aliphatic hydroxyl groups excluding tert-OH is 1. The summed E-state index contributed by atoms with van der Waals surface area (Å²) in [5, 5.41) is 13.3. The van der Waals surface area contributed by atoms with Crippen LogP contribution in [-0.2, 0) is 39.1 Å². The van der Waals surface area contributed by atoms with Gasteiger partial charge in [-0.2, -0.15) is 6.07 Å². The van der Waals surface area contributed by atoms with E-state index in [-0.39, 0.29) is 38.8 Å². The maximum absolute atomic E-state index is 10.1. The fourth-order valence-electron chi connectivity index (χ4n) is 3.16. The van der Waals surface area contributed by atoms with E-state index in [0.29, 0.717) is 17.8 Å². The number of aliphatic hydroxyl groups is 1. The Morgan fingerprint density at radius 3 is 2.89 bits per heavy atom. The molecule has 4 unspecified atom stereocenters. The number of thiophene rings is 1. The minimum atomic E-state index is -0.120. The summed E-state index contributed by atoms with van der Waals surface area (Å²) in [6, 6.07) is 4.15. The Bertz CT molecular complexity index is 331. The predicted octanol–water partition coefficient (Wildman–Crippen LogP) is 3.09. The Morgan fingerprint density at radius 1 is 1.50 bits per heavy atom. The van der Waals surface area contributed by atoms with Crippen molar-refractivity contribution in [2.24, 2.45) is 17.8 Å². The van der Waals surface area contributed by atoms with Crippen LogP contribution in [0.25, 0.3) is 0 Å². The molecule has 1 aliphatic carbocycles. The zero-order chi connectivity index (χ0) is 12.3. The summed E-state index contributed by atoms with van der Waals surface area (Å²) in [5.74, 6) is 1.68. The van der Waals surface area contributed by atoms with Crippen LogP contribution < -0.4 is 0 Å². The van der Waals surface area contributed by atoms with Gasteiger partial charge in [0.1, 0.15) is 0 Å². The first kappa shape index (κ1) is 16.9. The van der Waals surface area contributed by atoms with E-state index in [4.69, 9.17) is 7.85 Å². The second-order valence-corrected chi connectivity index (χ2v) is 6.23. The van der Waals surface area contributed by atoms with E-state index in [0.717, 1.165) is 32.0 Å². The van der Waals surface area contributed by atoms with Gasteiger partial charge in [0, 0.05) is 32.7 Å². The molecule has 1 aromatic heterocycles. The largest absolute Gasteiger partial charge is 0.393 e. The van der Waals surface area contributed by atoms with E-state index < -0.39 is 0 Å². The Morgan fingerprint density at radius 2 is 2.28 bits per heavy atom. The average molecular weight is 336 g/mol. The molecule has 1 N–H and O–H groups in total. The third kappa shape index (κ3) is 4.16. The van der Waals surface area contributed by atoms with E-state index in [1.165, 1.54) is 4.88 Å². The number of hydrogen-bond donors (Lipinski definition) is 1. The molecule has 1 saturated carbocycles. The topological polar surface area (TPSA) is 20.2 Å². The Balaban J connectivity index is 0.00000162. The van der Waals surface area contributed by atoms with Gasteiger partial charge in [0.15, 0.2) is 0 Å². The van der Waals surface area contributed by atoms with Gasteiger partial charge in [-0.25, -0.2) is 6.07 Å². The molecule has 2 rings (SSSR count). The summed E-state index contributed by atoms with van der Waals surface area (Å²) in [5.41, 5.74) is 0. The minimum Gasteiger partial charge on any atom is -0.393 e. The molecular formula is C14H20BOSY-. The van der Waals surface area contributed by atoms with Crippen molar-refractivity contribution in [3.05, 3.63) is 22.4 Å². The maximum atomic E-state index is 10.1. The third-order valence-corrected chi connectivity index (χ3v) is 4.91. The summed E-state index contributed by atoms with van der Waals surface area (Å²) >= 11 is 1.71. The van der Waals surface area contributed by atoms with Gasteiger partial charge >= 0.3 is 0 Å². The maximum Gasteiger partial charge on any atom is 0.0653 e. The first-order valence-electron chi connectivity index (χ1n) is 6.55. The average Bonchev–Trinajstić information content (AvgIpc) is 2.88. The van der Waals surface area contributed by atoms with Crippen molar-refractivity contribution < 1.29 is 37.8 Å². The number of rotatable bonds is 5. The zero-order valence-electron chi connectivity index (χ0n) is 11.0. The molecule has 3 radical (unpaired) electrons. The zero-order valence-corrected chi connectivity index (χ0v) is 14.7. The molecule has 0 bridgehead atoms. The van der Waals surface area contributed by atoms with Gasteiger partial charge in [-0.3, -0.25) is 0 Å². The molecule has 4 heteroatoms. The van der Waals surface area contributed by atoms with E-state index in [9.17, 15) is 5.11 Å². The van der Waals surface area contributed by atoms with Crippen molar-refractivity contribution in [2.45, 2.75) is 45.0 Å². The first-order chi connectivity index (χ1) is 8.22. The van der Waals surface area contributed by atoms with Crippen LogP contribution in [-0.4, -0.2) is 19.1 Å². The quantitative estimate of drug-likeness (QED) is 0.647. The van der Waals surface area contributed by atoms with E-state index in [1.54, 1.807) is 11.3 Å². The molecule has 0 spiro atoms. The smallest absolute Gasteiger partial charge is 0.0653 e. The predicted molar refractivity (Wildman–Crippen MR) is 73.4 cm³/mol. The summed E-state index contributed by atoms with van der Waals surface area (Å²) in [7, 11) is 5.58. The monoisotopic (exact) mass is 336 g/mol. The molecule has 0 aliphatic heterocycles. The molecule has 4 atom stereocenters. The van der Waals surface area contributed by atoms with E-state index >= 15 is 0 Å². The van der Waals surface area contributed by atoms with Crippen LogP contribution >= 0.6 is 11.3 Å². The summed E-state index contributed by atoms with van der Waals surface area (Å²) in [6.45, 7) is 2.27. The van der Waals surface area contributed by atoms with E-state index in [1.807, 2.05) is 6.07 Å². The van der Waals surface area contributed by atoms with Gasteiger partial charge in [-0.1, -0.05) is 26.1 Å². The van der Waals surface area contributed by atoms with Crippen LogP contribution in [0.15, 0.2) is 12.1 Å². The second-order valence-electron chi connectivity index (χ2n) is 5.26. The van der Waals surface area contributed by atoms with Crippen molar-refractivity contribution >= 4 is 19.2 Å². The van der Waals surface area contributed by atoms with Crippen LogP contribution in [0, 0.1) is 23.1 Å². The molecule has 1 aliphatic rings. The SMILES string of the molecule is [B]CCCC1C(O)CC(C)C1Cc1cc[c-]s1.[Y]. The van der Waals surface area contributed by atoms with Gasteiger partial charge in [0.05, 0.1) is 14.0 Å². The van der Waals surface area contributed by atoms with Crippen molar-refractivity contribution in [1.82, 2.24) is 0 Å².